The highest BCUT2D eigenvalue weighted by atomic mass is 79.9. The maximum absolute atomic E-state index is 11.9. The molecule has 7 nitrogen and oxygen atoms in total. The van der Waals surface area contributed by atoms with Crippen molar-refractivity contribution in [3.8, 4) is 17.2 Å². The Morgan fingerprint density at radius 1 is 1.18 bits per heavy atom. The van der Waals surface area contributed by atoms with Crippen LogP contribution in [-0.2, 0) is 9.59 Å². The van der Waals surface area contributed by atoms with Gasteiger partial charge in [-0.05, 0) is 64.3 Å². The van der Waals surface area contributed by atoms with Crippen LogP contribution in [0.1, 0.15) is 18.1 Å². The van der Waals surface area contributed by atoms with Gasteiger partial charge in [-0.15, -0.1) is 0 Å². The number of esters is 1. The summed E-state index contributed by atoms with van der Waals surface area (Å²) in [5, 5.41) is 3.89. The van der Waals surface area contributed by atoms with Gasteiger partial charge in [-0.2, -0.15) is 5.10 Å². The Morgan fingerprint density at radius 2 is 1.93 bits per heavy atom. The first-order valence-electron chi connectivity index (χ1n) is 8.07. The third kappa shape index (κ3) is 6.35. The normalized spacial score (nSPS) is 10.6. The molecule has 0 fully saturated rings. The van der Waals surface area contributed by atoms with Crippen molar-refractivity contribution in [1.82, 2.24) is 5.43 Å². The van der Waals surface area contributed by atoms with E-state index in [1.54, 1.807) is 18.2 Å². The summed E-state index contributed by atoms with van der Waals surface area (Å²) in [5.74, 6) is 0.422. The van der Waals surface area contributed by atoms with Gasteiger partial charge in [-0.25, -0.2) is 5.43 Å². The molecule has 1 amide bonds. The Labute approximate surface area is 179 Å². The van der Waals surface area contributed by atoms with Crippen molar-refractivity contribution in [3.63, 3.8) is 0 Å². The molecular weight excluding hydrogens is 496 g/mol. The van der Waals surface area contributed by atoms with Gasteiger partial charge < -0.3 is 14.2 Å². The Hall–Kier alpha value is -2.39. The zero-order valence-corrected chi connectivity index (χ0v) is 18.6. The monoisotopic (exact) mass is 512 g/mol. The van der Waals surface area contributed by atoms with Crippen molar-refractivity contribution in [2.75, 3.05) is 13.7 Å². The van der Waals surface area contributed by atoms with E-state index in [-0.39, 0.29) is 6.61 Å². The van der Waals surface area contributed by atoms with Crippen LogP contribution in [0.5, 0.6) is 17.2 Å². The number of hydrogen-bond donors (Lipinski definition) is 1. The average Bonchev–Trinajstić information content (AvgIpc) is 2.61. The summed E-state index contributed by atoms with van der Waals surface area (Å²) in [6, 6.07) is 8.62. The lowest BCUT2D eigenvalue weighted by Gasteiger charge is -2.11. The van der Waals surface area contributed by atoms with Crippen LogP contribution in [0.25, 0.3) is 0 Å². The fraction of sp³-hybridized carbons (Fsp3) is 0.211. The molecule has 2 rings (SSSR count). The number of nitrogens with one attached hydrogen (secondary N) is 1. The lowest BCUT2D eigenvalue weighted by molar-refractivity contribution is -0.132. The van der Waals surface area contributed by atoms with Crippen LogP contribution in [0.2, 0.25) is 0 Å². The van der Waals surface area contributed by atoms with Gasteiger partial charge in [0.25, 0.3) is 5.91 Å². The summed E-state index contributed by atoms with van der Waals surface area (Å²) in [6.45, 7) is 3.00. The minimum atomic E-state index is -0.445. The third-order valence-electron chi connectivity index (χ3n) is 3.39. The van der Waals surface area contributed by atoms with Gasteiger partial charge in [0.1, 0.15) is 5.75 Å². The summed E-state index contributed by atoms with van der Waals surface area (Å²) < 4.78 is 17.4. The third-order valence-corrected chi connectivity index (χ3v) is 4.43. The Balaban J connectivity index is 1.94. The van der Waals surface area contributed by atoms with Crippen LogP contribution in [0.4, 0.5) is 0 Å². The summed E-state index contributed by atoms with van der Waals surface area (Å²) in [4.78, 5) is 23.0. The summed E-state index contributed by atoms with van der Waals surface area (Å²) >= 11 is 6.80. The first-order valence-corrected chi connectivity index (χ1v) is 9.65. The second kappa shape index (κ2) is 10.2. The van der Waals surface area contributed by atoms with Gasteiger partial charge >= 0.3 is 5.97 Å². The number of rotatable bonds is 7. The molecule has 0 aliphatic rings. The number of carbonyl (C=O) groups is 2. The van der Waals surface area contributed by atoms with Crippen molar-refractivity contribution in [2.45, 2.75) is 13.8 Å². The molecule has 2 aromatic rings. The van der Waals surface area contributed by atoms with E-state index in [1.165, 1.54) is 20.2 Å². The van der Waals surface area contributed by atoms with Crippen LogP contribution in [0, 0.1) is 6.92 Å². The summed E-state index contributed by atoms with van der Waals surface area (Å²) in [6.07, 6.45) is 1.44. The molecule has 0 spiro atoms. The first kappa shape index (κ1) is 21.9. The highest BCUT2D eigenvalue weighted by molar-refractivity contribution is 9.11. The predicted octanol–water partition coefficient (Wildman–Crippen LogP) is 3.98. The van der Waals surface area contributed by atoms with E-state index in [2.05, 4.69) is 42.4 Å². The van der Waals surface area contributed by atoms with Crippen molar-refractivity contribution in [1.29, 1.82) is 0 Å². The molecule has 0 aliphatic heterocycles. The molecule has 0 radical (unpaired) electrons. The minimum Gasteiger partial charge on any atom is -0.493 e. The van der Waals surface area contributed by atoms with Gasteiger partial charge in [-0.3, -0.25) is 9.59 Å². The number of aryl methyl sites for hydroxylation is 1. The number of methoxy groups -OCH3 is 1. The molecule has 148 valence electrons. The second-order valence-electron chi connectivity index (χ2n) is 5.62. The van der Waals surface area contributed by atoms with Gasteiger partial charge in [-0.1, -0.05) is 15.9 Å². The quantitative estimate of drug-likeness (QED) is 0.262. The smallest absolute Gasteiger partial charge is 0.308 e. The maximum atomic E-state index is 11.9. The SMILES string of the molecule is COc1cc(/C=N/NC(=O)COc2c(C)cc(Br)cc2Br)ccc1OC(C)=O. The molecular formula is C19H18Br2N2O5. The summed E-state index contributed by atoms with van der Waals surface area (Å²) in [7, 11) is 1.46. The Morgan fingerprint density at radius 3 is 2.57 bits per heavy atom. The topological polar surface area (TPSA) is 86.2 Å². The summed E-state index contributed by atoms with van der Waals surface area (Å²) in [5.41, 5.74) is 3.93. The van der Waals surface area contributed by atoms with E-state index in [0.717, 1.165) is 14.5 Å². The van der Waals surface area contributed by atoms with Gasteiger partial charge in [0, 0.05) is 11.4 Å². The molecule has 0 saturated carbocycles. The molecule has 0 saturated heterocycles. The van der Waals surface area contributed by atoms with Crippen LogP contribution >= 0.6 is 31.9 Å². The van der Waals surface area contributed by atoms with Crippen LogP contribution in [0.3, 0.4) is 0 Å². The predicted molar refractivity (Wildman–Crippen MR) is 112 cm³/mol. The van der Waals surface area contributed by atoms with Gasteiger partial charge in [0.05, 0.1) is 17.8 Å². The van der Waals surface area contributed by atoms with E-state index in [0.29, 0.717) is 22.8 Å². The lowest BCUT2D eigenvalue weighted by Crippen LogP contribution is -2.24. The molecule has 0 bridgehead atoms. The zero-order chi connectivity index (χ0) is 20.7. The Bertz CT molecular complexity index is 892. The maximum Gasteiger partial charge on any atom is 0.308 e. The number of hydrazone groups is 1. The van der Waals surface area contributed by atoms with Gasteiger partial charge in [0.2, 0.25) is 0 Å². The van der Waals surface area contributed by atoms with E-state index in [4.69, 9.17) is 14.2 Å². The highest BCUT2D eigenvalue weighted by Gasteiger charge is 2.10. The average molecular weight is 514 g/mol. The number of nitrogens with zero attached hydrogens (tertiary/aromatic N) is 1. The molecule has 1 N–H and O–H groups in total. The van der Waals surface area contributed by atoms with Crippen molar-refractivity contribution >= 4 is 50.0 Å². The standard InChI is InChI=1S/C19H18Br2N2O5/c1-11-6-14(20)8-15(21)19(11)27-10-18(25)23-22-9-13-4-5-16(28-12(2)24)17(7-13)26-3/h4-9H,10H2,1-3H3,(H,23,25)/b22-9+. The number of halogens is 2. The Kier molecular flexibility index (Phi) is 8.01. The van der Waals surface area contributed by atoms with E-state index in [9.17, 15) is 9.59 Å². The zero-order valence-electron chi connectivity index (χ0n) is 15.4. The first-order chi connectivity index (χ1) is 13.3. The lowest BCUT2D eigenvalue weighted by atomic mass is 10.2. The van der Waals surface area contributed by atoms with E-state index < -0.39 is 11.9 Å². The van der Waals surface area contributed by atoms with Crippen molar-refractivity contribution < 1.29 is 23.8 Å². The second-order valence-corrected chi connectivity index (χ2v) is 7.39. The molecule has 0 aliphatic carbocycles. The molecule has 2 aromatic carbocycles. The number of ether oxygens (including phenoxy) is 3. The van der Waals surface area contributed by atoms with Gasteiger partial charge in [0.15, 0.2) is 18.1 Å². The van der Waals surface area contributed by atoms with Crippen molar-refractivity contribution in [2.24, 2.45) is 5.10 Å². The molecule has 0 aromatic heterocycles. The molecule has 0 heterocycles. The van der Waals surface area contributed by atoms with Crippen molar-refractivity contribution in [3.05, 3.63) is 50.4 Å². The number of hydrogen-bond acceptors (Lipinski definition) is 6. The van der Waals surface area contributed by atoms with E-state index in [1.807, 2.05) is 19.1 Å². The fourth-order valence-electron chi connectivity index (χ4n) is 2.22. The fourth-order valence-corrected chi connectivity index (χ4v) is 3.78. The van der Waals surface area contributed by atoms with Crippen LogP contribution in [-0.4, -0.2) is 31.8 Å². The minimum absolute atomic E-state index is 0.187. The highest BCUT2D eigenvalue weighted by Crippen LogP contribution is 2.32. The molecule has 28 heavy (non-hydrogen) atoms. The molecule has 0 atom stereocenters. The molecule has 9 heteroatoms. The van der Waals surface area contributed by atoms with Crippen LogP contribution in [0.15, 0.2) is 44.4 Å². The van der Waals surface area contributed by atoms with Crippen LogP contribution < -0.4 is 19.6 Å². The number of benzene rings is 2. The largest absolute Gasteiger partial charge is 0.493 e. The number of carbonyl (C=O) groups excluding carboxylic acids is 2. The number of amides is 1. The van der Waals surface area contributed by atoms with E-state index >= 15 is 0 Å². The molecule has 0 unspecified atom stereocenters.